The number of carbonyl (C=O) groups is 1. The number of amides is 1. The molecule has 1 saturated heterocycles. The SMILES string of the molecule is Cc1ccoc1C(=O)N1CCNCC12CCCCC2. The molecule has 1 aromatic rings. The number of nitrogens with one attached hydrogen (secondary N) is 1. The van der Waals surface area contributed by atoms with Crippen LogP contribution in [-0.4, -0.2) is 36.0 Å². The predicted molar refractivity (Wildman–Crippen MR) is 73.2 cm³/mol. The van der Waals surface area contributed by atoms with Crippen molar-refractivity contribution < 1.29 is 9.21 Å². The smallest absolute Gasteiger partial charge is 0.290 e. The van der Waals surface area contributed by atoms with E-state index in [4.69, 9.17) is 4.42 Å². The largest absolute Gasteiger partial charge is 0.459 e. The van der Waals surface area contributed by atoms with Crippen molar-refractivity contribution in [1.29, 1.82) is 0 Å². The topological polar surface area (TPSA) is 45.5 Å². The van der Waals surface area contributed by atoms with Crippen LogP contribution in [0.2, 0.25) is 0 Å². The van der Waals surface area contributed by atoms with E-state index in [-0.39, 0.29) is 11.4 Å². The summed E-state index contributed by atoms with van der Waals surface area (Å²) >= 11 is 0. The van der Waals surface area contributed by atoms with Gasteiger partial charge in [-0.1, -0.05) is 19.3 Å². The second-order valence-corrected chi connectivity index (χ2v) is 5.85. The zero-order valence-corrected chi connectivity index (χ0v) is 11.6. The van der Waals surface area contributed by atoms with Crippen molar-refractivity contribution in [3.05, 3.63) is 23.7 Å². The summed E-state index contributed by atoms with van der Waals surface area (Å²) in [5.74, 6) is 0.595. The Bertz CT molecular complexity index is 452. The normalized spacial score (nSPS) is 22.7. The molecular weight excluding hydrogens is 240 g/mol. The Morgan fingerprint density at radius 1 is 1.37 bits per heavy atom. The Morgan fingerprint density at radius 3 is 2.84 bits per heavy atom. The number of furan rings is 1. The molecule has 3 rings (SSSR count). The molecule has 104 valence electrons. The Labute approximate surface area is 114 Å². The minimum atomic E-state index is 0.0206. The molecule has 2 heterocycles. The lowest BCUT2D eigenvalue weighted by atomic mass is 9.79. The Balaban J connectivity index is 1.88. The highest BCUT2D eigenvalue weighted by atomic mass is 16.3. The molecule has 1 saturated carbocycles. The van der Waals surface area contributed by atoms with E-state index in [0.717, 1.165) is 38.0 Å². The minimum Gasteiger partial charge on any atom is -0.459 e. The van der Waals surface area contributed by atoms with Gasteiger partial charge < -0.3 is 14.6 Å². The predicted octanol–water partition coefficient (Wildman–Crippen LogP) is 2.34. The monoisotopic (exact) mass is 262 g/mol. The highest BCUT2D eigenvalue weighted by Gasteiger charge is 2.43. The van der Waals surface area contributed by atoms with Gasteiger partial charge in [0.25, 0.3) is 5.91 Å². The van der Waals surface area contributed by atoms with Crippen LogP contribution in [0.5, 0.6) is 0 Å². The van der Waals surface area contributed by atoms with Crippen LogP contribution in [0.4, 0.5) is 0 Å². The molecule has 1 aliphatic heterocycles. The second-order valence-electron chi connectivity index (χ2n) is 5.85. The average molecular weight is 262 g/mol. The minimum absolute atomic E-state index is 0.0206. The van der Waals surface area contributed by atoms with Gasteiger partial charge in [0, 0.05) is 25.2 Å². The molecular formula is C15H22N2O2. The van der Waals surface area contributed by atoms with Gasteiger partial charge in [-0.3, -0.25) is 4.79 Å². The number of hydrogen-bond acceptors (Lipinski definition) is 3. The first-order valence-corrected chi connectivity index (χ1v) is 7.30. The maximum absolute atomic E-state index is 12.8. The van der Waals surface area contributed by atoms with Crippen LogP contribution in [0.3, 0.4) is 0 Å². The molecule has 1 N–H and O–H groups in total. The molecule has 0 atom stereocenters. The molecule has 1 amide bonds. The lowest BCUT2D eigenvalue weighted by Crippen LogP contribution is -2.63. The average Bonchev–Trinajstić information content (AvgIpc) is 2.86. The van der Waals surface area contributed by atoms with E-state index < -0.39 is 0 Å². The van der Waals surface area contributed by atoms with E-state index in [2.05, 4.69) is 10.2 Å². The van der Waals surface area contributed by atoms with Gasteiger partial charge in [0.2, 0.25) is 0 Å². The molecule has 0 bridgehead atoms. The Morgan fingerprint density at radius 2 is 2.16 bits per heavy atom. The molecule has 1 aromatic heterocycles. The zero-order valence-electron chi connectivity index (χ0n) is 11.6. The summed E-state index contributed by atoms with van der Waals surface area (Å²) in [6.07, 6.45) is 7.59. The van der Waals surface area contributed by atoms with Gasteiger partial charge in [0.15, 0.2) is 5.76 Å². The molecule has 0 unspecified atom stereocenters. The van der Waals surface area contributed by atoms with Crippen molar-refractivity contribution >= 4 is 5.91 Å². The Hall–Kier alpha value is -1.29. The van der Waals surface area contributed by atoms with Gasteiger partial charge in [-0.2, -0.15) is 0 Å². The quantitative estimate of drug-likeness (QED) is 0.845. The van der Waals surface area contributed by atoms with Gasteiger partial charge in [0.1, 0.15) is 0 Å². The van der Waals surface area contributed by atoms with E-state index in [1.54, 1.807) is 6.26 Å². The third kappa shape index (κ3) is 2.18. The molecule has 2 fully saturated rings. The first-order chi connectivity index (χ1) is 9.23. The van der Waals surface area contributed by atoms with E-state index >= 15 is 0 Å². The summed E-state index contributed by atoms with van der Waals surface area (Å²) in [4.78, 5) is 14.8. The van der Waals surface area contributed by atoms with Crippen molar-refractivity contribution in [3.8, 4) is 0 Å². The maximum atomic E-state index is 12.8. The van der Waals surface area contributed by atoms with Gasteiger partial charge in [-0.25, -0.2) is 0 Å². The first kappa shape index (κ1) is 12.7. The van der Waals surface area contributed by atoms with Crippen LogP contribution in [0.1, 0.15) is 48.2 Å². The van der Waals surface area contributed by atoms with Crippen LogP contribution in [-0.2, 0) is 0 Å². The summed E-state index contributed by atoms with van der Waals surface area (Å²) in [6.45, 7) is 4.54. The van der Waals surface area contributed by atoms with E-state index in [0.29, 0.717) is 5.76 Å². The Kier molecular flexibility index (Phi) is 3.35. The number of rotatable bonds is 1. The van der Waals surface area contributed by atoms with Crippen LogP contribution >= 0.6 is 0 Å². The van der Waals surface area contributed by atoms with Gasteiger partial charge >= 0.3 is 0 Å². The van der Waals surface area contributed by atoms with Gasteiger partial charge in [0.05, 0.1) is 11.8 Å². The number of nitrogens with zero attached hydrogens (tertiary/aromatic N) is 1. The fourth-order valence-electron chi connectivity index (χ4n) is 3.53. The lowest BCUT2D eigenvalue weighted by Gasteiger charge is -2.49. The van der Waals surface area contributed by atoms with E-state index in [1.807, 2.05) is 13.0 Å². The van der Waals surface area contributed by atoms with Crippen molar-refractivity contribution in [2.24, 2.45) is 0 Å². The number of carbonyl (C=O) groups excluding carboxylic acids is 1. The van der Waals surface area contributed by atoms with Crippen molar-refractivity contribution in [2.45, 2.75) is 44.6 Å². The standard InChI is InChI=1S/C15H22N2O2/c1-12-5-10-19-13(12)14(18)17-9-8-16-11-15(17)6-3-2-4-7-15/h5,10,16H,2-4,6-9,11H2,1H3. The number of hydrogen-bond donors (Lipinski definition) is 1. The fraction of sp³-hybridized carbons (Fsp3) is 0.667. The molecule has 1 spiro atoms. The van der Waals surface area contributed by atoms with Crippen LogP contribution < -0.4 is 5.32 Å². The highest BCUT2D eigenvalue weighted by Crippen LogP contribution is 2.35. The molecule has 0 radical (unpaired) electrons. The lowest BCUT2D eigenvalue weighted by molar-refractivity contribution is 0.0195. The first-order valence-electron chi connectivity index (χ1n) is 7.30. The fourth-order valence-corrected chi connectivity index (χ4v) is 3.53. The summed E-state index contributed by atoms with van der Waals surface area (Å²) < 4.78 is 5.40. The maximum Gasteiger partial charge on any atom is 0.290 e. The summed E-state index contributed by atoms with van der Waals surface area (Å²) in [7, 11) is 0. The van der Waals surface area contributed by atoms with Crippen LogP contribution in [0, 0.1) is 6.92 Å². The van der Waals surface area contributed by atoms with Crippen molar-refractivity contribution in [1.82, 2.24) is 10.2 Å². The molecule has 4 nitrogen and oxygen atoms in total. The molecule has 4 heteroatoms. The summed E-state index contributed by atoms with van der Waals surface area (Å²) in [5, 5.41) is 3.47. The van der Waals surface area contributed by atoms with Gasteiger partial charge in [-0.05, 0) is 25.8 Å². The van der Waals surface area contributed by atoms with Crippen LogP contribution in [0.25, 0.3) is 0 Å². The zero-order chi connectivity index (χ0) is 13.3. The number of piperazine rings is 1. The molecule has 1 aliphatic carbocycles. The molecule has 2 aliphatic rings. The van der Waals surface area contributed by atoms with Crippen molar-refractivity contribution in [3.63, 3.8) is 0 Å². The summed E-state index contributed by atoms with van der Waals surface area (Å²) in [6, 6.07) is 1.86. The van der Waals surface area contributed by atoms with Gasteiger partial charge in [-0.15, -0.1) is 0 Å². The molecule has 0 aromatic carbocycles. The summed E-state index contributed by atoms with van der Waals surface area (Å²) in [5.41, 5.74) is 0.960. The van der Waals surface area contributed by atoms with Crippen LogP contribution in [0.15, 0.2) is 16.7 Å². The van der Waals surface area contributed by atoms with Crippen molar-refractivity contribution in [2.75, 3.05) is 19.6 Å². The third-order valence-corrected chi connectivity index (χ3v) is 4.62. The third-order valence-electron chi connectivity index (χ3n) is 4.62. The molecule has 19 heavy (non-hydrogen) atoms. The number of aryl methyl sites for hydroxylation is 1. The van der Waals surface area contributed by atoms with E-state index in [9.17, 15) is 4.79 Å². The second kappa shape index (κ2) is 5.00. The highest BCUT2D eigenvalue weighted by molar-refractivity contribution is 5.93. The van der Waals surface area contributed by atoms with E-state index in [1.165, 1.54) is 19.3 Å².